The molecule has 0 radical (unpaired) electrons. The smallest absolute Gasteiger partial charge is 0.263 e. The molecule has 0 spiro atoms. The Hall–Kier alpha value is -0.970. The molecule has 0 aliphatic heterocycles. The van der Waals surface area contributed by atoms with Crippen molar-refractivity contribution in [3.63, 3.8) is 0 Å². The zero-order valence-corrected chi connectivity index (χ0v) is 17.0. The number of rotatable bonds is 8. The van der Waals surface area contributed by atoms with Gasteiger partial charge in [0.25, 0.3) is 12.0 Å². The van der Waals surface area contributed by atoms with Crippen LogP contribution in [0.4, 0.5) is 13.2 Å². The van der Waals surface area contributed by atoms with Crippen LogP contribution in [0.2, 0.25) is 5.02 Å². The topological polar surface area (TPSA) is 67.0 Å². The third-order valence-corrected chi connectivity index (χ3v) is 5.44. The fourth-order valence-electron chi connectivity index (χ4n) is 2.19. The summed E-state index contributed by atoms with van der Waals surface area (Å²) in [5, 5.41) is 2.72. The molecule has 0 amide bonds. The van der Waals surface area contributed by atoms with Gasteiger partial charge in [0, 0.05) is 6.04 Å². The van der Waals surface area contributed by atoms with Gasteiger partial charge in [-0.15, -0.1) is 0 Å². The number of aromatic amines is 1. The van der Waals surface area contributed by atoms with Crippen LogP contribution in [0.15, 0.2) is 14.4 Å². The maximum Gasteiger partial charge on any atom is 0.263 e. The van der Waals surface area contributed by atoms with E-state index in [9.17, 15) is 18.0 Å². The summed E-state index contributed by atoms with van der Waals surface area (Å²) in [7, 11) is 0. The number of benzene rings is 1. The Balaban J connectivity index is 2.31. The number of alkyl halides is 2. The standard InChI is InChI=1S/C15H16BrClF3N3O2S/c1-6(21-5-7(18)19)3-4-25-13-8-12(11(20)9(16)10(13)17)22-15(26-2)23-14(8)24/h6-7,21H,3-5H2,1-2H3,(H,22,23,24)/t6-/m1/s1. The Morgan fingerprint density at radius 2 is 2.15 bits per heavy atom. The lowest BCUT2D eigenvalue weighted by atomic mass is 10.2. The van der Waals surface area contributed by atoms with Crippen molar-refractivity contribution in [2.24, 2.45) is 0 Å². The van der Waals surface area contributed by atoms with Gasteiger partial charge in [-0.3, -0.25) is 4.79 Å². The van der Waals surface area contributed by atoms with Crippen LogP contribution in [0.3, 0.4) is 0 Å². The van der Waals surface area contributed by atoms with E-state index in [1.54, 1.807) is 13.2 Å². The first-order chi connectivity index (χ1) is 12.3. The number of fused-ring (bicyclic) bond motifs is 1. The van der Waals surface area contributed by atoms with E-state index < -0.39 is 24.3 Å². The summed E-state index contributed by atoms with van der Waals surface area (Å²) >= 11 is 10.3. The van der Waals surface area contributed by atoms with Crippen molar-refractivity contribution >= 4 is 50.2 Å². The zero-order valence-electron chi connectivity index (χ0n) is 13.8. The average Bonchev–Trinajstić information content (AvgIpc) is 2.60. The molecular weight excluding hydrogens is 459 g/mol. The van der Waals surface area contributed by atoms with Crippen molar-refractivity contribution in [3.05, 3.63) is 25.7 Å². The van der Waals surface area contributed by atoms with Crippen LogP contribution in [0.25, 0.3) is 10.9 Å². The van der Waals surface area contributed by atoms with E-state index in [2.05, 4.69) is 31.2 Å². The van der Waals surface area contributed by atoms with Gasteiger partial charge in [-0.05, 0) is 35.5 Å². The first kappa shape index (κ1) is 21.3. The molecule has 2 aromatic rings. The second-order valence-corrected chi connectivity index (χ2v) is 7.37. The maximum atomic E-state index is 14.5. The lowest BCUT2D eigenvalue weighted by molar-refractivity contribution is 0.140. The van der Waals surface area contributed by atoms with E-state index in [1.807, 2.05) is 0 Å². The molecule has 0 bridgehead atoms. The van der Waals surface area contributed by atoms with Crippen LogP contribution in [0, 0.1) is 5.82 Å². The van der Waals surface area contributed by atoms with Gasteiger partial charge in [-0.1, -0.05) is 23.4 Å². The summed E-state index contributed by atoms with van der Waals surface area (Å²) in [5.41, 5.74) is -0.736. The number of nitrogens with zero attached hydrogens (tertiary/aromatic N) is 1. The van der Waals surface area contributed by atoms with E-state index in [-0.39, 0.29) is 44.0 Å². The average molecular weight is 475 g/mol. The SMILES string of the molecule is CSc1nc2c(F)c(Br)c(Cl)c(OCC[C@@H](C)NCC(F)F)c2c(=O)[nH]1. The second kappa shape index (κ2) is 9.29. The van der Waals surface area contributed by atoms with Gasteiger partial charge in [-0.2, -0.15) is 0 Å². The third kappa shape index (κ3) is 4.85. The Morgan fingerprint density at radius 3 is 2.77 bits per heavy atom. The quantitative estimate of drug-likeness (QED) is 0.341. The summed E-state index contributed by atoms with van der Waals surface area (Å²) in [6.45, 7) is 1.40. The highest BCUT2D eigenvalue weighted by Crippen LogP contribution is 2.40. The Labute approximate surface area is 165 Å². The van der Waals surface area contributed by atoms with Crippen molar-refractivity contribution < 1.29 is 17.9 Å². The number of nitrogens with one attached hydrogen (secondary N) is 2. The second-order valence-electron chi connectivity index (χ2n) is 5.41. The Morgan fingerprint density at radius 1 is 1.46 bits per heavy atom. The molecule has 0 fully saturated rings. The molecule has 0 saturated carbocycles. The summed E-state index contributed by atoms with van der Waals surface area (Å²) in [6, 6.07) is -0.238. The fourth-order valence-corrected chi connectivity index (χ4v) is 3.17. The highest BCUT2D eigenvalue weighted by Gasteiger charge is 2.22. The minimum Gasteiger partial charge on any atom is -0.491 e. The molecule has 2 rings (SSSR count). The van der Waals surface area contributed by atoms with Gasteiger partial charge in [0.2, 0.25) is 0 Å². The van der Waals surface area contributed by atoms with E-state index in [0.29, 0.717) is 6.42 Å². The largest absolute Gasteiger partial charge is 0.491 e. The molecule has 1 heterocycles. The van der Waals surface area contributed by atoms with Crippen LogP contribution in [-0.2, 0) is 0 Å². The molecule has 1 atom stereocenters. The van der Waals surface area contributed by atoms with Crippen LogP contribution >= 0.6 is 39.3 Å². The van der Waals surface area contributed by atoms with Gasteiger partial charge < -0.3 is 15.0 Å². The molecule has 5 nitrogen and oxygen atoms in total. The minimum atomic E-state index is -2.44. The van der Waals surface area contributed by atoms with E-state index in [0.717, 1.165) is 11.8 Å². The molecule has 11 heteroatoms. The highest BCUT2D eigenvalue weighted by molar-refractivity contribution is 9.10. The predicted octanol–water partition coefficient (Wildman–Crippen LogP) is 4.21. The molecule has 26 heavy (non-hydrogen) atoms. The first-order valence-electron chi connectivity index (χ1n) is 7.55. The molecule has 0 unspecified atom stereocenters. The molecule has 144 valence electrons. The molecule has 1 aromatic heterocycles. The Kier molecular flexibility index (Phi) is 7.63. The maximum absolute atomic E-state index is 14.5. The fraction of sp³-hybridized carbons (Fsp3) is 0.467. The lowest BCUT2D eigenvalue weighted by Crippen LogP contribution is -2.31. The highest BCUT2D eigenvalue weighted by atomic mass is 79.9. The van der Waals surface area contributed by atoms with Crippen LogP contribution in [0.5, 0.6) is 5.75 Å². The summed E-state index contributed by atoms with van der Waals surface area (Å²) in [6.07, 6.45) is -0.369. The monoisotopic (exact) mass is 473 g/mol. The van der Waals surface area contributed by atoms with Gasteiger partial charge in [-0.25, -0.2) is 18.2 Å². The normalized spacial score (nSPS) is 12.8. The number of thioether (sulfide) groups is 1. The third-order valence-electron chi connectivity index (χ3n) is 3.53. The predicted molar refractivity (Wildman–Crippen MR) is 100 cm³/mol. The zero-order chi connectivity index (χ0) is 19.4. The number of halogens is 5. The van der Waals surface area contributed by atoms with Crippen LogP contribution < -0.4 is 15.6 Å². The van der Waals surface area contributed by atoms with Crippen molar-refractivity contribution in [2.75, 3.05) is 19.4 Å². The summed E-state index contributed by atoms with van der Waals surface area (Å²) < 4.78 is 44.4. The van der Waals surface area contributed by atoms with E-state index in [4.69, 9.17) is 16.3 Å². The van der Waals surface area contributed by atoms with Crippen LogP contribution in [0.1, 0.15) is 13.3 Å². The number of ether oxygens (including phenoxy) is 1. The van der Waals surface area contributed by atoms with Crippen molar-refractivity contribution in [1.82, 2.24) is 15.3 Å². The van der Waals surface area contributed by atoms with Gasteiger partial charge in [0.05, 0.1) is 17.6 Å². The van der Waals surface area contributed by atoms with Crippen molar-refractivity contribution in [1.29, 1.82) is 0 Å². The van der Waals surface area contributed by atoms with Crippen molar-refractivity contribution in [3.8, 4) is 5.75 Å². The first-order valence-corrected chi connectivity index (χ1v) is 9.94. The lowest BCUT2D eigenvalue weighted by Gasteiger charge is -2.16. The van der Waals surface area contributed by atoms with E-state index >= 15 is 0 Å². The Bertz CT molecular complexity index is 853. The van der Waals surface area contributed by atoms with E-state index in [1.165, 1.54) is 0 Å². The summed E-state index contributed by atoms with van der Waals surface area (Å²) in [5.74, 6) is -0.761. The van der Waals surface area contributed by atoms with Gasteiger partial charge in [0.15, 0.2) is 16.7 Å². The number of hydrogen-bond donors (Lipinski definition) is 2. The van der Waals surface area contributed by atoms with Crippen molar-refractivity contribution in [2.45, 2.75) is 31.0 Å². The molecule has 2 N–H and O–H groups in total. The molecule has 1 aromatic carbocycles. The van der Waals surface area contributed by atoms with Gasteiger partial charge in [0.1, 0.15) is 15.9 Å². The number of hydrogen-bond acceptors (Lipinski definition) is 5. The van der Waals surface area contributed by atoms with Gasteiger partial charge >= 0.3 is 0 Å². The molecule has 0 saturated heterocycles. The minimum absolute atomic E-state index is 0.00240. The number of H-pyrrole nitrogens is 1. The summed E-state index contributed by atoms with van der Waals surface area (Å²) in [4.78, 5) is 18.9. The molecular formula is C15H16BrClF3N3O2S. The molecule has 0 aliphatic rings. The molecule has 0 aliphatic carbocycles. The van der Waals surface area contributed by atoms with Crippen LogP contribution in [-0.4, -0.2) is 41.8 Å². The number of aromatic nitrogens is 2.